The highest BCUT2D eigenvalue weighted by molar-refractivity contribution is 6.29. The normalized spacial score (nSPS) is 10.7. The monoisotopic (exact) mass is 415 g/mol. The molecule has 1 aromatic heterocycles. The van der Waals surface area contributed by atoms with E-state index in [1.807, 2.05) is 54.6 Å². The molecule has 1 N–H and O–H groups in total. The third-order valence-electron chi connectivity index (χ3n) is 4.90. The van der Waals surface area contributed by atoms with Crippen molar-refractivity contribution in [3.8, 4) is 17.2 Å². The van der Waals surface area contributed by atoms with Crippen LogP contribution in [0.4, 0.5) is 0 Å². The maximum atomic E-state index is 12.2. The largest absolute Gasteiger partial charge is 0.462 e. The van der Waals surface area contributed by atoms with Crippen molar-refractivity contribution in [2.45, 2.75) is 13.3 Å². The van der Waals surface area contributed by atoms with E-state index in [4.69, 9.17) is 16.3 Å². The summed E-state index contributed by atoms with van der Waals surface area (Å²) in [7, 11) is 0. The number of nitrogens with zero attached hydrogens (tertiary/aromatic N) is 2. The summed E-state index contributed by atoms with van der Waals surface area (Å²) in [6.07, 6.45) is 0.626. The van der Waals surface area contributed by atoms with Gasteiger partial charge >= 0.3 is 5.97 Å². The minimum Gasteiger partial charge on any atom is -0.462 e. The minimum atomic E-state index is -0.408. The van der Waals surface area contributed by atoms with Crippen molar-refractivity contribution < 1.29 is 9.53 Å². The second kappa shape index (κ2) is 8.40. The Morgan fingerprint density at radius 1 is 1.13 bits per heavy atom. The molecular weight excluding hydrogens is 398 g/mol. The molecule has 0 bridgehead atoms. The van der Waals surface area contributed by atoms with Crippen LogP contribution < -0.4 is 0 Å². The molecular formula is C24H18ClN3O2. The summed E-state index contributed by atoms with van der Waals surface area (Å²) in [6.45, 7) is 2.06. The first-order valence-electron chi connectivity index (χ1n) is 9.53. The first kappa shape index (κ1) is 19.7. The molecule has 0 fully saturated rings. The lowest BCUT2D eigenvalue weighted by molar-refractivity contribution is 0.0528. The Labute approximate surface area is 178 Å². The number of rotatable bonds is 5. The molecule has 0 saturated carbocycles. The molecule has 0 atom stereocenters. The Balaban J connectivity index is 1.66. The van der Waals surface area contributed by atoms with E-state index in [0.29, 0.717) is 35.2 Å². The molecule has 30 heavy (non-hydrogen) atoms. The van der Waals surface area contributed by atoms with Crippen LogP contribution in [0.15, 0.2) is 60.7 Å². The molecule has 0 aliphatic rings. The van der Waals surface area contributed by atoms with E-state index in [1.165, 1.54) is 0 Å². The Kier molecular flexibility index (Phi) is 5.51. The van der Waals surface area contributed by atoms with Crippen LogP contribution in [0.25, 0.3) is 22.2 Å². The number of H-pyrrole nitrogens is 1. The quantitative estimate of drug-likeness (QED) is 0.435. The fourth-order valence-electron chi connectivity index (χ4n) is 3.49. The lowest BCUT2D eigenvalue weighted by Crippen LogP contribution is -2.06. The lowest BCUT2D eigenvalue weighted by Gasteiger charge is -2.08. The summed E-state index contributed by atoms with van der Waals surface area (Å²) >= 11 is 6.08. The third-order valence-corrected chi connectivity index (χ3v) is 5.08. The summed E-state index contributed by atoms with van der Waals surface area (Å²) in [5.41, 5.74) is 6.23. The molecule has 3 aromatic carbocycles. The molecule has 0 unspecified atom stereocenters. The van der Waals surface area contributed by atoms with Gasteiger partial charge in [0.1, 0.15) is 0 Å². The molecule has 148 valence electrons. The number of nitrogens with one attached hydrogen (secondary N) is 1. The van der Waals surface area contributed by atoms with Gasteiger partial charge in [-0.05, 0) is 59.3 Å². The number of aromatic amines is 1. The van der Waals surface area contributed by atoms with E-state index < -0.39 is 5.97 Å². The van der Waals surface area contributed by atoms with Crippen molar-refractivity contribution in [2.75, 3.05) is 6.61 Å². The third kappa shape index (κ3) is 3.78. The smallest absolute Gasteiger partial charge is 0.340 e. The van der Waals surface area contributed by atoms with Gasteiger partial charge in [0.25, 0.3) is 0 Å². The Morgan fingerprint density at radius 2 is 1.90 bits per heavy atom. The van der Waals surface area contributed by atoms with Crippen LogP contribution in [0.1, 0.15) is 34.0 Å². The van der Waals surface area contributed by atoms with E-state index >= 15 is 0 Å². The van der Waals surface area contributed by atoms with Gasteiger partial charge in [-0.15, -0.1) is 0 Å². The number of hydrogen-bond acceptors (Lipinski definition) is 4. The van der Waals surface area contributed by atoms with E-state index in [1.54, 1.807) is 13.0 Å². The number of halogens is 1. The topological polar surface area (TPSA) is 78.8 Å². The fraction of sp³-hybridized carbons (Fsp3) is 0.125. The van der Waals surface area contributed by atoms with Crippen LogP contribution in [0.5, 0.6) is 0 Å². The molecule has 0 spiro atoms. The van der Waals surface area contributed by atoms with E-state index in [-0.39, 0.29) is 5.28 Å². The predicted octanol–water partition coefficient (Wildman–Crippen LogP) is 5.52. The summed E-state index contributed by atoms with van der Waals surface area (Å²) in [5.74, 6) is -0.408. The second-order valence-corrected chi connectivity index (χ2v) is 7.13. The first-order valence-corrected chi connectivity index (χ1v) is 9.91. The maximum Gasteiger partial charge on any atom is 0.340 e. The van der Waals surface area contributed by atoms with Crippen molar-refractivity contribution in [2.24, 2.45) is 0 Å². The number of carbonyl (C=O) groups excluding carboxylic acids is 1. The van der Waals surface area contributed by atoms with Gasteiger partial charge in [0.15, 0.2) is 0 Å². The predicted molar refractivity (Wildman–Crippen MR) is 116 cm³/mol. The highest BCUT2D eigenvalue weighted by Gasteiger charge is 2.17. The molecule has 1 heterocycles. The van der Waals surface area contributed by atoms with Crippen molar-refractivity contribution in [3.05, 3.63) is 88.2 Å². The van der Waals surface area contributed by atoms with Crippen LogP contribution in [0, 0.1) is 11.3 Å². The number of carbonyl (C=O) groups is 1. The molecule has 4 aromatic rings. The second-order valence-electron chi connectivity index (χ2n) is 6.78. The first-order chi connectivity index (χ1) is 14.6. The lowest BCUT2D eigenvalue weighted by atomic mass is 9.97. The van der Waals surface area contributed by atoms with Gasteiger partial charge in [-0.25, -0.2) is 9.78 Å². The van der Waals surface area contributed by atoms with Gasteiger partial charge in [-0.3, -0.25) is 0 Å². The highest BCUT2D eigenvalue weighted by atomic mass is 35.5. The van der Waals surface area contributed by atoms with Crippen LogP contribution in [0.3, 0.4) is 0 Å². The van der Waals surface area contributed by atoms with Crippen molar-refractivity contribution in [1.82, 2.24) is 9.97 Å². The van der Waals surface area contributed by atoms with Gasteiger partial charge in [-0.1, -0.05) is 48.5 Å². The molecule has 5 nitrogen and oxygen atoms in total. The average Bonchev–Trinajstić information content (AvgIpc) is 3.16. The zero-order valence-electron chi connectivity index (χ0n) is 16.3. The number of aromatic nitrogens is 2. The Bertz CT molecular complexity index is 1270. The molecule has 0 amide bonds. The number of fused-ring (bicyclic) bond motifs is 1. The summed E-state index contributed by atoms with van der Waals surface area (Å²) in [4.78, 5) is 19.6. The summed E-state index contributed by atoms with van der Waals surface area (Å²) < 4.78 is 5.12. The van der Waals surface area contributed by atoms with Crippen molar-refractivity contribution in [3.63, 3.8) is 0 Å². The zero-order chi connectivity index (χ0) is 21.1. The van der Waals surface area contributed by atoms with Crippen LogP contribution in [0.2, 0.25) is 5.28 Å². The molecule has 6 heteroatoms. The highest BCUT2D eigenvalue weighted by Crippen LogP contribution is 2.27. The molecule has 4 rings (SSSR count). The molecule has 0 aliphatic heterocycles. The van der Waals surface area contributed by atoms with Gasteiger partial charge in [0.2, 0.25) is 5.28 Å². The molecule has 0 radical (unpaired) electrons. The molecule has 0 aliphatic carbocycles. The SMILES string of the molecule is CCOC(=O)c1ccc(Cc2ccc(-c3ccccc3C#N)cc2)c2nc(Cl)[nH]c12. The van der Waals surface area contributed by atoms with E-state index in [0.717, 1.165) is 22.3 Å². The number of esters is 1. The number of hydrogen-bond donors (Lipinski definition) is 1. The molecule has 0 saturated heterocycles. The van der Waals surface area contributed by atoms with Crippen LogP contribution in [-0.4, -0.2) is 22.5 Å². The van der Waals surface area contributed by atoms with Gasteiger partial charge in [0.05, 0.1) is 34.8 Å². The fourth-order valence-corrected chi connectivity index (χ4v) is 3.67. The number of imidazole rings is 1. The Hall–Kier alpha value is -3.62. The average molecular weight is 416 g/mol. The zero-order valence-corrected chi connectivity index (χ0v) is 17.0. The van der Waals surface area contributed by atoms with E-state index in [9.17, 15) is 10.1 Å². The van der Waals surface area contributed by atoms with Crippen LogP contribution in [-0.2, 0) is 11.2 Å². The van der Waals surface area contributed by atoms with Gasteiger partial charge < -0.3 is 9.72 Å². The standard InChI is InChI=1S/C24H18ClN3O2/c1-2-30-23(29)20-12-11-17(21-22(20)28-24(25)27-21)13-15-7-9-16(10-8-15)19-6-4-3-5-18(19)14-26/h3-12H,2,13H2,1H3,(H,27,28). The Morgan fingerprint density at radius 3 is 2.63 bits per heavy atom. The summed E-state index contributed by atoms with van der Waals surface area (Å²) in [6, 6.07) is 21.5. The van der Waals surface area contributed by atoms with Gasteiger partial charge in [-0.2, -0.15) is 5.26 Å². The minimum absolute atomic E-state index is 0.228. The van der Waals surface area contributed by atoms with Crippen molar-refractivity contribution in [1.29, 1.82) is 5.26 Å². The number of nitriles is 1. The van der Waals surface area contributed by atoms with E-state index in [2.05, 4.69) is 16.0 Å². The van der Waals surface area contributed by atoms with Crippen molar-refractivity contribution >= 4 is 28.6 Å². The number of ether oxygens (including phenoxy) is 1. The van der Waals surface area contributed by atoms with Crippen LogP contribution >= 0.6 is 11.6 Å². The summed E-state index contributed by atoms with van der Waals surface area (Å²) in [5, 5.41) is 9.55. The number of benzene rings is 3. The maximum absolute atomic E-state index is 12.2. The van der Waals surface area contributed by atoms with Gasteiger partial charge in [0, 0.05) is 0 Å².